The van der Waals surface area contributed by atoms with Gasteiger partial charge in [-0.1, -0.05) is 6.92 Å². The Balaban J connectivity index is 2.59. The van der Waals surface area contributed by atoms with Gasteiger partial charge < -0.3 is 15.2 Å². The number of hydrogen-bond acceptors (Lipinski definition) is 4. The molecule has 1 rings (SSSR count). The van der Waals surface area contributed by atoms with E-state index >= 15 is 0 Å². The molecule has 0 unspecified atom stereocenters. The first-order chi connectivity index (χ1) is 9.73. The average molecular weight is 356 g/mol. The van der Waals surface area contributed by atoms with Gasteiger partial charge in [0, 0.05) is 16.2 Å². The van der Waals surface area contributed by atoms with E-state index in [4.69, 9.17) is 15.1 Å². The number of nitrogens with zero attached hydrogens (tertiary/aromatic N) is 2. The number of ether oxygens (including phenoxy) is 1. The SMILES string of the molecule is C[C@H](COc1ncc(Br)cc1C#N)CC(C)(C)NC(=O)O. The molecule has 0 aliphatic carbocycles. The molecule has 0 saturated heterocycles. The fraction of sp³-hybridized carbons (Fsp3) is 0.500. The lowest BCUT2D eigenvalue weighted by Gasteiger charge is -2.27. The van der Waals surface area contributed by atoms with Crippen LogP contribution in [0, 0.1) is 17.2 Å². The molecule has 0 radical (unpaired) electrons. The van der Waals surface area contributed by atoms with Gasteiger partial charge in [-0.2, -0.15) is 5.26 Å². The molecule has 1 aromatic heterocycles. The van der Waals surface area contributed by atoms with Gasteiger partial charge in [0.1, 0.15) is 11.6 Å². The number of pyridine rings is 1. The van der Waals surface area contributed by atoms with Crippen LogP contribution < -0.4 is 10.1 Å². The second-order valence-electron chi connectivity index (χ2n) is 5.55. The summed E-state index contributed by atoms with van der Waals surface area (Å²) in [5.41, 5.74) is -0.181. The van der Waals surface area contributed by atoms with E-state index in [2.05, 4.69) is 26.2 Å². The summed E-state index contributed by atoms with van der Waals surface area (Å²) in [6.07, 6.45) is 1.13. The molecule has 6 nitrogen and oxygen atoms in total. The van der Waals surface area contributed by atoms with Gasteiger partial charge in [0.15, 0.2) is 0 Å². The quantitative estimate of drug-likeness (QED) is 0.816. The number of rotatable bonds is 6. The highest BCUT2D eigenvalue weighted by Gasteiger charge is 2.23. The third-order valence-corrected chi connectivity index (χ3v) is 3.18. The number of halogens is 1. The zero-order valence-corrected chi connectivity index (χ0v) is 13.8. The molecule has 114 valence electrons. The Bertz CT molecular complexity index is 555. The van der Waals surface area contributed by atoms with Gasteiger partial charge in [-0.25, -0.2) is 9.78 Å². The average Bonchev–Trinajstić information content (AvgIpc) is 2.34. The molecule has 21 heavy (non-hydrogen) atoms. The molecule has 1 amide bonds. The molecule has 1 heterocycles. The normalized spacial score (nSPS) is 12.3. The molecule has 0 bridgehead atoms. The van der Waals surface area contributed by atoms with Crippen LogP contribution in [0.25, 0.3) is 0 Å². The van der Waals surface area contributed by atoms with E-state index in [-0.39, 0.29) is 11.8 Å². The van der Waals surface area contributed by atoms with E-state index < -0.39 is 11.6 Å². The van der Waals surface area contributed by atoms with Crippen molar-refractivity contribution in [2.24, 2.45) is 5.92 Å². The van der Waals surface area contributed by atoms with Crippen molar-refractivity contribution in [1.29, 1.82) is 5.26 Å². The summed E-state index contributed by atoms with van der Waals surface area (Å²) in [5, 5.41) is 20.3. The molecule has 0 fully saturated rings. The highest BCUT2D eigenvalue weighted by atomic mass is 79.9. The summed E-state index contributed by atoms with van der Waals surface area (Å²) in [6, 6.07) is 3.67. The van der Waals surface area contributed by atoms with Gasteiger partial charge in [0.05, 0.1) is 6.61 Å². The van der Waals surface area contributed by atoms with Crippen molar-refractivity contribution in [1.82, 2.24) is 10.3 Å². The number of amides is 1. The standard InChI is InChI=1S/C14H18BrN3O3/c1-9(5-14(2,3)18-13(19)20)8-21-12-10(6-16)4-11(15)7-17-12/h4,7,9,18H,5,8H2,1-3H3,(H,19,20)/t9-/m0/s1. The fourth-order valence-electron chi connectivity index (χ4n) is 2.11. The molecule has 1 aromatic rings. The Hall–Kier alpha value is -1.81. The second kappa shape index (κ2) is 7.27. The Morgan fingerprint density at radius 2 is 2.33 bits per heavy atom. The zero-order valence-electron chi connectivity index (χ0n) is 12.2. The first-order valence-electron chi connectivity index (χ1n) is 6.43. The minimum absolute atomic E-state index is 0.101. The number of carboxylic acid groups (broad SMARTS) is 1. The van der Waals surface area contributed by atoms with Crippen LogP contribution in [0.2, 0.25) is 0 Å². The minimum Gasteiger partial charge on any atom is -0.476 e. The summed E-state index contributed by atoms with van der Waals surface area (Å²) in [6.45, 7) is 5.94. The van der Waals surface area contributed by atoms with E-state index in [0.717, 1.165) is 0 Å². The van der Waals surface area contributed by atoms with Crippen LogP contribution in [0.3, 0.4) is 0 Å². The molecule has 7 heteroatoms. The van der Waals surface area contributed by atoms with Crippen LogP contribution in [-0.2, 0) is 0 Å². The Labute approximate surface area is 132 Å². The predicted molar refractivity (Wildman–Crippen MR) is 81.2 cm³/mol. The molecule has 0 saturated carbocycles. The second-order valence-corrected chi connectivity index (χ2v) is 6.47. The van der Waals surface area contributed by atoms with Crippen molar-refractivity contribution >= 4 is 22.0 Å². The number of hydrogen-bond donors (Lipinski definition) is 2. The molecular formula is C14H18BrN3O3. The lowest BCUT2D eigenvalue weighted by atomic mass is 9.92. The summed E-state index contributed by atoms with van der Waals surface area (Å²) in [7, 11) is 0. The first-order valence-corrected chi connectivity index (χ1v) is 7.22. The summed E-state index contributed by atoms with van der Waals surface area (Å²) >= 11 is 3.25. The molecule has 0 spiro atoms. The maximum absolute atomic E-state index is 10.7. The van der Waals surface area contributed by atoms with E-state index in [1.807, 2.05) is 26.8 Å². The van der Waals surface area contributed by atoms with Crippen LogP contribution in [0.5, 0.6) is 5.88 Å². The molecule has 0 aliphatic rings. The van der Waals surface area contributed by atoms with Gasteiger partial charge in [-0.15, -0.1) is 0 Å². The number of aromatic nitrogens is 1. The summed E-state index contributed by atoms with van der Waals surface area (Å²) in [5.74, 6) is 0.389. The van der Waals surface area contributed by atoms with Gasteiger partial charge in [-0.3, -0.25) is 0 Å². The third kappa shape index (κ3) is 6.00. The van der Waals surface area contributed by atoms with Gasteiger partial charge in [0.2, 0.25) is 5.88 Å². The molecular weight excluding hydrogens is 338 g/mol. The van der Waals surface area contributed by atoms with Crippen molar-refractivity contribution < 1.29 is 14.6 Å². The topological polar surface area (TPSA) is 95.2 Å². The van der Waals surface area contributed by atoms with Crippen molar-refractivity contribution in [3.05, 3.63) is 22.3 Å². The predicted octanol–water partition coefficient (Wildman–Crippen LogP) is 3.17. The molecule has 0 aliphatic heterocycles. The number of carbonyl (C=O) groups is 1. The van der Waals surface area contributed by atoms with Crippen molar-refractivity contribution in [3.63, 3.8) is 0 Å². The summed E-state index contributed by atoms with van der Waals surface area (Å²) < 4.78 is 6.28. The van der Waals surface area contributed by atoms with Crippen LogP contribution in [0.1, 0.15) is 32.8 Å². The highest BCUT2D eigenvalue weighted by molar-refractivity contribution is 9.10. The minimum atomic E-state index is -1.05. The van der Waals surface area contributed by atoms with Crippen LogP contribution in [-0.4, -0.2) is 28.3 Å². The largest absolute Gasteiger partial charge is 0.476 e. The monoisotopic (exact) mass is 355 g/mol. The van der Waals surface area contributed by atoms with E-state index in [0.29, 0.717) is 23.1 Å². The first kappa shape index (κ1) is 17.2. The van der Waals surface area contributed by atoms with E-state index in [1.54, 1.807) is 12.3 Å². The highest BCUT2D eigenvalue weighted by Crippen LogP contribution is 2.21. The maximum Gasteiger partial charge on any atom is 0.405 e. The van der Waals surface area contributed by atoms with Gasteiger partial charge >= 0.3 is 6.09 Å². The lowest BCUT2D eigenvalue weighted by Crippen LogP contribution is -2.44. The van der Waals surface area contributed by atoms with Crippen LogP contribution >= 0.6 is 15.9 Å². The maximum atomic E-state index is 10.7. The van der Waals surface area contributed by atoms with Crippen LogP contribution in [0.15, 0.2) is 16.7 Å². The van der Waals surface area contributed by atoms with E-state index in [1.165, 1.54) is 0 Å². The fourth-order valence-corrected chi connectivity index (χ4v) is 2.44. The van der Waals surface area contributed by atoms with E-state index in [9.17, 15) is 4.79 Å². The molecule has 0 aromatic carbocycles. The smallest absolute Gasteiger partial charge is 0.405 e. The third-order valence-electron chi connectivity index (χ3n) is 2.75. The van der Waals surface area contributed by atoms with Crippen LogP contribution in [0.4, 0.5) is 4.79 Å². The Morgan fingerprint density at radius 3 is 2.90 bits per heavy atom. The Kier molecular flexibility index (Phi) is 5.97. The van der Waals surface area contributed by atoms with Crippen molar-refractivity contribution in [2.75, 3.05) is 6.61 Å². The van der Waals surface area contributed by atoms with Gasteiger partial charge in [0.25, 0.3) is 0 Å². The van der Waals surface area contributed by atoms with Gasteiger partial charge in [-0.05, 0) is 48.2 Å². The lowest BCUT2D eigenvalue weighted by molar-refractivity contribution is 0.168. The van der Waals surface area contributed by atoms with Crippen molar-refractivity contribution in [3.8, 4) is 11.9 Å². The Morgan fingerprint density at radius 1 is 1.67 bits per heavy atom. The molecule has 1 atom stereocenters. The van der Waals surface area contributed by atoms with Crippen molar-refractivity contribution in [2.45, 2.75) is 32.7 Å². The molecule has 2 N–H and O–H groups in total. The number of nitrogens with one attached hydrogen (secondary N) is 1. The number of nitriles is 1. The zero-order chi connectivity index (χ0) is 16.0. The summed E-state index contributed by atoms with van der Waals surface area (Å²) in [4.78, 5) is 14.8.